The number of allylic oxidation sites excluding steroid dienone is 1. The summed E-state index contributed by atoms with van der Waals surface area (Å²) in [5.41, 5.74) is -0.625. The van der Waals surface area contributed by atoms with Crippen molar-refractivity contribution < 1.29 is 4.39 Å². The molecular weight excluding hydrogens is 151 g/mol. The minimum atomic E-state index is -1.51. The van der Waals surface area contributed by atoms with Crippen LogP contribution >= 0.6 is 0 Å². The molecule has 1 unspecified atom stereocenters. The Kier molecular flexibility index (Phi) is 2.32. The molecule has 0 spiro atoms. The van der Waals surface area contributed by atoms with Crippen molar-refractivity contribution in [2.75, 3.05) is 0 Å². The minimum absolute atomic E-state index is 0.286. The van der Waals surface area contributed by atoms with Crippen molar-refractivity contribution in [3.63, 3.8) is 0 Å². The predicted molar refractivity (Wildman–Crippen MR) is 48.4 cm³/mol. The van der Waals surface area contributed by atoms with E-state index in [1.807, 2.05) is 6.07 Å². The maximum Gasteiger partial charge on any atom is 0.154 e. The van der Waals surface area contributed by atoms with Gasteiger partial charge in [0.1, 0.15) is 0 Å². The molecule has 0 nitrogen and oxygen atoms in total. The second-order valence-electron chi connectivity index (χ2n) is 3.05. The van der Waals surface area contributed by atoms with E-state index in [0.29, 0.717) is 5.56 Å². The number of halogens is 1. The van der Waals surface area contributed by atoms with Crippen molar-refractivity contribution >= 4 is 0 Å². The van der Waals surface area contributed by atoms with Gasteiger partial charge >= 0.3 is 0 Å². The number of alkyl halides is 1. The molecule has 0 bridgehead atoms. The van der Waals surface area contributed by atoms with E-state index in [1.165, 1.54) is 6.92 Å². The first-order valence-corrected chi connectivity index (χ1v) is 3.89. The Labute approximate surface area is 72.7 Å². The summed E-state index contributed by atoms with van der Waals surface area (Å²) in [7, 11) is 0. The highest BCUT2D eigenvalue weighted by Gasteiger charge is 2.25. The van der Waals surface area contributed by atoms with Crippen LogP contribution in [0.5, 0.6) is 0 Å². The van der Waals surface area contributed by atoms with E-state index >= 15 is 0 Å². The predicted octanol–water partition coefficient (Wildman–Crippen LogP) is 3.25. The van der Waals surface area contributed by atoms with E-state index in [4.69, 9.17) is 6.58 Å². The zero-order chi connectivity index (χ0) is 9.19. The van der Waals surface area contributed by atoms with Crippen molar-refractivity contribution in [1.29, 1.82) is 0 Å². The van der Waals surface area contributed by atoms with Crippen LogP contribution in [0.15, 0.2) is 35.9 Å². The second kappa shape index (κ2) is 3.10. The molecule has 63 valence electrons. The fourth-order valence-corrected chi connectivity index (χ4v) is 0.979. The zero-order valence-electron chi connectivity index (χ0n) is 7.34. The minimum Gasteiger partial charge on any atom is -0.234 e. The molecule has 1 rings (SSSR count). The summed E-state index contributed by atoms with van der Waals surface area (Å²) in [6.45, 7) is 8.50. The standard InChI is InChI=1S/C11H12F/c1-9(2)11(3,12)10-7-5-4-6-8-10/h1,4-8H,2-3H3. The molecule has 0 aliphatic heterocycles. The van der Waals surface area contributed by atoms with Gasteiger partial charge in [0.15, 0.2) is 5.67 Å². The summed E-state index contributed by atoms with van der Waals surface area (Å²) in [6, 6.07) is 8.92. The van der Waals surface area contributed by atoms with Gasteiger partial charge in [0.05, 0.1) is 0 Å². The Hall–Kier alpha value is -1.11. The summed E-state index contributed by atoms with van der Waals surface area (Å²) in [5.74, 6) is 0. The highest BCUT2D eigenvalue weighted by Crippen LogP contribution is 2.31. The largest absolute Gasteiger partial charge is 0.234 e. The third kappa shape index (κ3) is 1.55. The molecule has 1 aromatic carbocycles. The second-order valence-corrected chi connectivity index (χ2v) is 3.05. The number of hydrogen-bond acceptors (Lipinski definition) is 0. The van der Waals surface area contributed by atoms with Crippen LogP contribution in [-0.2, 0) is 5.67 Å². The molecule has 0 amide bonds. The highest BCUT2D eigenvalue weighted by molar-refractivity contribution is 5.28. The summed E-state index contributed by atoms with van der Waals surface area (Å²) < 4.78 is 13.8. The third-order valence-electron chi connectivity index (χ3n) is 2.06. The lowest BCUT2D eigenvalue weighted by Gasteiger charge is -2.20. The van der Waals surface area contributed by atoms with Gasteiger partial charge in [0.2, 0.25) is 0 Å². The van der Waals surface area contributed by atoms with E-state index in [0.717, 1.165) is 0 Å². The molecule has 12 heavy (non-hydrogen) atoms. The first kappa shape index (κ1) is 8.98. The molecule has 1 atom stereocenters. The van der Waals surface area contributed by atoms with Crippen molar-refractivity contribution in [1.82, 2.24) is 0 Å². The molecule has 1 heteroatoms. The molecule has 0 fully saturated rings. The first-order valence-electron chi connectivity index (χ1n) is 3.89. The Morgan fingerprint density at radius 1 is 1.33 bits per heavy atom. The monoisotopic (exact) mass is 163 g/mol. The Balaban J connectivity index is 3.06. The van der Waals surface area contributed by atoms with Gasteiger partial charge in [-0.25, -0.2) is 4.39 Å². The van der Waals surface area contributed by atoms with Crippen molar-refractivity contribution in [2.24, 2.45) is 0 Å². The van der Waals surface area contributed by atoms with Crippen LogP contribution < -0.4 is 0 Å². The summed E-state index contributed by atoms with van der Waals surface area (Å²) in [6.07, 6.45) is 0. The smallest absolute Gasteiger partial charge is 0.154 e. The molecule has 0 aliphatic carbocycles. The maximum absolute atomic E-state index is 13.8. The SMILES string of the molecule is [CH]=C(C)C(C)(F)c1ccccc1. The van der Waals surface area contributed by atoms with Gasteiger partial charge in [-0.1, -0.05) is 36.9 Å². The third-order valence-corrected chi connectivity index (χ3v) is 2.06. The molecule has 1 radical (unpaired) electrons. The Morgan fingerprint density at radius 3 is 2.25 bits per heavy atom. The Bertz CT molecular complexity index is 272. The Morgan fingerprint density at radius 2 is 1.83 bits per heavy atom. The van der Waals surface area contributed by atoms with Gasteiger partial charge in [0.25, 0.3) is 0 Å². The van der Waals surface area contributed by atoms with Gasteiger partial charge in [-0.2, -0.15) is 0 Å². The molecule has 0 aromatic heterocycles. The van der Waals surface area contributed by atoms with Crippen molar-refractivity contribution in [3.8, 4) is 0 Å². The topological polar surface area (TPSA) is 0 Å². The highest BCUT2D eigenvalue weighted by atomic mass is 19.1. The fraction of sp³-hybridized carbons (Fsp3) is 0.273. The van der Waals surface area contributed by atoms with Gasteiger partial charge in [-0.15, -0.1) is 0 Å². The van der Waals surface area contributed by atoms with Crippen LogP contribution in [0.4, 0.5) is 4.39 Å². The zero-order valence-corrected chi connectivity index (χ0v) is 7.34. The van der Waals surface area contributed by atoms with Gasteiger partial charge in [-0.05, 0) is 25.0 Å². The molecule has 0 heterocycles. The van der Waals surface area contributed by atoms with Crippen LogP contribution in [0.2, 0.25) is 0 Å². The lowest BCUT2D eigenvalue weighted by Crippen LogP contribution is -2.15. The van der Waals surface area contributed by atoms with E-state index in [9.17, 15) is 4.39 Å². The van der Waals surface area contributed by atoms with Crippen LogP contribution in [-0.4, -0.2) is 0 Å². The van der Waals surface area contributed by atoms with Crippen LogP contribution in [0.25, 0.3) is 0 Å². The summed E-state index contributed by atoms with van der Waals surface area (Å²) in [5, 5.41) is 0. The van der Waals surface area contributed by atoms with Gasteiger partial charge in [0, 0.05) is 0 Å². The van der Waals surface area contributed by atoms with Crippen molar-refractivity contribution in [2.45, 2.75) is 19.5 Å². The van der Waals surface area contributed by atoms with Crippen molar-refractivity contribution in [3.05, 3.63) is 48.0 Å². The van der Waals surface area contributed by atoms with E-state index < -0.39 is 5.67 Å². The molecule has 0 N–H and O–H groups in total. The lowest BCUT2D eigenvalue weighted by atomic mass is 9.92. The lowest BCUT2D eigenvalue weighted by molar-refractivity contribution is 0.245. The van der Waals surface area contributed by atoms with Gasteiger partial charge < -0.3 is 0 Å². The maximum atomic E-state index is 13.8. The number of rotatable bonds is 2. The van der Waals surface area contributed by atoms with E-state index in [-0.39, 0.29) is 5.57 Å². The average molecular weight is 163 g/mol. The van der Waals surface area contributed by atoms with Crippen LogP contribution in [0, 0.1) is 6.58 Å². The summed E-state index contributed by atoms with van der Waals surface area (Å²) in [4.78, 5) is 0. The summed E-state index contributed by atoms with van der Waals surface area (Å²) >= 11 is 0. The molecule has 0 saturated carbocycles. The quantitative estimate of drug-likeness (QED) is 0.627. The fourth-order valence-electron chi connectivity index (χ4n) is 0.979. The molecule has 0 saturated heterocycles. The van der Waals surface area contributed by atoms with Crippen LogP contribution in [0.1, 0.15) is 19.4 Å². The average Bonchev–Trinajstić information content (AvgIpc) is 2.06. The van der Waals surface area contributed by atoms with E-state index in [1.54, 1.807) is 31.2 Å². The number of hydrogen-bond donors (Lipinski definition) is 0. The number of benzene rings is 1. The first-order chi connectivity index (χ1) is 5.55. The van der Waals surface area contributed by atoms with E-state index in [2.05, 4.69) is 0 Å². The normalized spacial score (nSPS) is 15.2. The molecule has 0 aliphatic rings. The molecule has 1 aromatic rings. The van der Waals surface area contributed by atoms with Crippen LogP contribution in [0.3, 0.4) is 0 Å². The molecular formula is C11H12F. The van der Waals surface area contributed by atoms with Gasteiger partial charge in [-0.3, -0.25) is 0 Å².